The molecular weight excluding hydrogens is 224 g/mol. The average Bonchev–Trinajstić information content (AvgIpc) is 2.37. The first-order valence-corrected chi connectivity index (χ1v) is 6.86. The van der Waals surface area contributed by atoms with Gasteiger partial charge in [0.05, 0.1) is 5.69 Å². The summed E-state index contributed by atoms with van der Waals surface area (Å²) in [6.07, 6.45) is 4.06. The summed E-state index contributed by atoms with van der Waals surface area (Å²) in [7, 11) is 0. The molecule has 4 heteroatoms. The van der Waals surface area contributed by atoms with Gasteiger partial charge < -0.3 is 16.0 Å². The van der Waals surface area contributed by atoms with E-state index in [-0.39, 0.29) is 0 Å². The van der Waals surface area contributed by atoms with E-state index in [1.807, 2.05) is 12.1 Å². The lowest BCUT2D eigenvalue weighted by atomic mass is 10.1. The first-order valence-electron chi connectivity index (χ1n) is 6.86. The van der Waals surface area contributed by atoms with Crippen LogP contribution in [0.5, 0.6) is 0 Å². The van der Waals surface area contributed by atoms with Crippen LogP contribution in [0.25, 0.3) is 0 Å². The molecule has 1 unspecified atom stereocenters. The third-order valence-corrected chi connectivity index (χ3v) is 3.25. The Morgan fingerprint density at radius 1 is 1.39 bits per heavy atom. The molecule has 1 rings (SSSR count). The van der Waals surface area contributed by atoms with E-state index in [9.17, 15) is 0 Å². The van der Waals surface area contributed by atoms with E-state index in [1.54, 1.807) is 6.20 Å². The fourth-order valence-electron chi connectivity index (χ4n) is 2.04. The summed E-state index contributed by atoms with van der Waals surface area (Å²) < 4.78 is 0. The summed E-state index contributed by atoms with van der Waals surface area (Å²) in [6, 6.07) is 4.30. The van der Waals surface area contributed by atoms with Crippen molar-refractivity contribution in [2.75, 3.05) is 30.7 Å². The highest BCUT2D eigenvalue weighted by Gasteiger charge is 2.06. The van der Waals surface area contributed by atoms with Crippen LogP contribution in [-0.4, -0.2) is 35.6 Å². The zero-order valence-electron chi connectivity index (χ0n) is 11.8. The molecule has 0 aliphatic rings. The predicted octanol–water partition coefficient (Wildman–Crippen LogP) is 2.59. The Labute approximate surface area is 111 Å². The Morgan fingerprint density at radius 2 is 2.11 bits per heavy atom. The lowest BCUT2D eigenvalue weighted by molar-refractivity contribution is 0.295. The van der Waals surface area contributed by atoms with Crippen molar-refractivity contribution < 1.29 is 0 Å². The van der Waals surface area contributed by atoms with Gasteiger partial charge in [-0.05, 0) is 51.5 Å². The van der Waals surface area contributed by atoms with E-state index in [1.165, 1.54) is 13.0 Å². The maximum Gasteiger partial charge on any atom is 0.146 e. The second kappa shape index (κ2) is 7.93. The van der Waals surface area contributed by atoms with Crippen LogP contribution in [0.1, 0.15) is 33.6 Å². The van der Waals surface area contributed by atoms with Crippen molar-refractivity contribution in [3.63, 3.8) is 0 Å². The van der Waals surface area contributed by atoms with Crippen LogP contribution in [0.15, 0.2) is 18.3 Å². The molecule has 0 saturated carbocycles. The number of rotatable bonds is 8. The van der Waals surface area contributed by atoms with Crippen LogP contribution in [0, 0.1) is 0 Å². The van der Waals surface area contributed by atoms with Gasteiger partial charge in [0, 0.05) is 12.2 Å². The molecule has 1 aromatic heterocycles. The molecule has 4 nitrogen and oxygen atoms in total. The molecule has 1 aromatic rings. The van der Waals surface area contributed by atoms with Crippen molar-refractivity contribution in [1.82, 2.24) is 9.88 Å². The summed E-state index contributed by atoms with van der Waals surface area (Å²) in [6.45, 7) is 10.0. The fraction of sp³-hybridized carbons (Fsp3) is 0.643. The Bertz CT molecular complexity index is 336. The molecule has 0 aliphatic heterocycles. The Kier molecular flexibility index (Phi) is 6.50. The lowest BCUT2D eigenvalue weighted by Crippen LogP contribution is -2.25. The Balaban J connectivity index is 2.30. The number of pyridine rings is 1. The van der Waals surface area contributed by atoms with Gasteiger partial charge in [0.15, 0.2) is 0 Å². The third-order valence-electron chi connectivity index (χ3n) is 3.25. The first-order chi connectivity index (χ1) is 8.67. The topological polar surface area (TPSA) is 54.2 Å². The zero-order valence-corrected chi connectivity index (χ0v) is 11.8. The van der Waals surface area contributed by atoms with E-state index in [0.717, 1.165) is 25.2 Å². The van der Waals surface area contributed by atoms with E-state index in [2.05, 4.69) is 36.0 Å². The standard InChI is InChI=1S/C14H26N4/c1-4-18(5-2)11-7-8-12(3)17-13-9-6-10-16-14(13)15/h6,9-10,12,17H,4-5,7-8,11H2,1-3H3,(H2,15,16). The van der Waals surface area contributed by atoms with Crippen molar-refractivity contribution in [2.45, 2.75) is 39.7 Å². The third kappa shape index (κ3) is 4.92. The lowest BCUT2D eigenvalue weighted by Gasteiger charge is -2.20. The zero-order chi connectivity index (χ0) is 13.4. The molecule has 3 N–H and O–H groups in total. The molecule has 0 aromatic carbocycles. The summed E-state index contributed by atoms with van der Waals surface area (Å²) >= 11 is 0. The number of nitrogens with zero attached hydrogens (tertiary/aromatic N) is 2. The van der Waals surface area contributed by atoms with Gasteiger partial charge in [-0.3, -0.25) is 0 Å². The van der Waals surface area contributed by atoms with Crippen molar-refractivity contribution in [2.24, 2.45) is 0 Å². The second-order valence-electron chi connectivity index (χ2n) is 4.65. The van der Waals surface area contributed by atoms with Gasteiger partial charge in [0.1, 0.15) is 5.82 Å². The summed E-state index contributed by atoms with van der Waals surface area (Å²) in [5.41, 5.74) is 6.74. The van der Waals surface area contributed by atoms with Crippen molar-refractivity contribution in [1.29, 1.82) is 0 Å². The van der Waals surface area contributed by atoms with Gasteiger partial charge in [-0.1, -0.05) is 13.8 Å². The molecule has 0 aliphatic carbocycles. The SMILES string of the molecule is CCN(CC)CCCC(C)Nc1cccnc1N. The highest BCUT2D eigenvalue weighted by Crippen LogP contribution is 2.16. The van der Waals surface area contributed by atoms with Gasteiger partial charge >= 0.3 is 0 Å². The van der Waals surface area contributed by atoms with Gasteiger partial charge in [-0.15, -0.1) is 0 Å². The van der Waals surface area contributed by atoms with E-state index >= 15 is 0 Å². The summed E-state index contributed by atoms with van der Waals surface area (Å²) in [4.78, 5) is 6.52. The fourth-order valence-corrected chi connectivity index (χ4v) is 2.04. The van der Waals surface area contributed by atoms with Crippen LogP contribution < -0.4 is 11.1 Å². The smallest absolute Gasteiger partial charge is 0.146 e. The van der Waals surface area contributed by atoms with Crippen molar-refractivity contribution >= 4 is 11.5 Å². The summed E-state index contributed by atoms with van der Waals surface area (Å²) in [5, 5.41) is 3.41. The largest absolute Gasteiger partial charge is 0.382 e. The number of aromatic nitrogens is 1. The number of hydrogen-bond acceptors (Lipinski definition) is 4. The van der Waals surface area contributed by atoms with Gasteiger partial charge in [0.25, 0.3) is 0 Å². The number of nitrogens with two attached hydrogens (primary N) is 1. The minimum atomic E-state index is 0.423. The highest BCUT2D eigenvalue weighted by atomic mass is 15.1. The molecule has 0 spiro atoms. The quantitative estimate of drug-likeness (QED) is 0.744. The molecule has 0 saturated heterocycles. The maximum atomic E-state index is 5.81. The average molecular weight is 250 g/mol. The molecule has 0 radical (unpaired) electrons. The number of nitrogens with one attached hydrogen (secondary N) is 1. The Morgan fingerprint density at radius 3 is 2.72 bits per heavy atom. The molecular formula is C14H26N4. The monoisotopic (exact) mass is 250 g/mol. The number of hydrogen-bond donors (Lipinski definition) is 2. The molecule has 1 atom stereocenters. The van der Waals surface area contributed by atoms with Gasteiger partial charge in [-0.25, -0.2) is 4.98 Å². The van der Waals surface area contributed by atoms with Gasteiger partial charge in [-0.2, -0.15) is 0 Å². The molecule has 102 valence electrons. The van der Waals surface area contributed by atoms with E-state index < -0.39 is 0 Å². The molecule has 0 amide bonds. The van der Waals surface area contributed by atoms with Crippen LogP contribution in [0.2, 0.25) is 0 Å². The van der Waals surface area contributed by atoms with Crippen molar-refractivity contribution in [3.05, 3.63) is 18.3 Å². The van der Waals surface area contributed by atoms with Crippen LogP contribution >= 0.6 is 0 Å². The first kappa shape index (κ1) is 14.8. The summed E-state index contributed by atoms with van der Waals surface area (Å²) in [5.74, 6) is 0.577. The number of anilines is 2. The van der Waals surface area contributed by atoms with E-state index in [4.69, 9.17) is 5.73 Å². The molecule has 0 bridgehead atoms. The van der Waals surface area contributed by atoms with Crippen LogP contribution in [-0.2, 0) is 0 Å². The van der Waals surface area contributed by atoms with Crippen LogP contribution in [0.3, 0.4) is 0 Å². The van der Waals surface area contributed by atoms with E-state index in [0.29, 0.717) is 11.9 Å². The Hall–Kier alpha value is -1.29. The van der Waals surface area contributed by atoms with Gasteiger partial charge in [0.2, 0.25) is 0 Å². The predicted molar refractivity (Wildman–Crippen MR) is 78.8 cm³/mol. The normalized spacial score (nSPS) is 12.7. The minimum absolute atomic E-state index is 0.423. The molecule has 18 heavy (non-hydrogen) atoms. The minimum Gasteiger partial charge on any atom is -0.382 e. The second-order valence-corrected chi connectivity index (χ2v) is 4.65. The highest BCUT2D eigenvalue weighted by molar-refractivity contribution is 5.61. The van der Waals surface area contributed by atoms with Crippen molar-refractivity contribution in [3.8, 4) is 0 Å². The number of nitrogen functional groups attached to an aromatic ring is 1. The molecule has 1 heterocycles. The maximum absolute atomic E-state index is 5.81. The molecule has 0 fully saturated rings. The van der Waals surface area contributed by atoms with Crippen LogP contribution in [0.4, 0.5) is 11.5 Å².